The summed E-state index contributed by atoms with van der Waals surface area (Å²) in [6.45, 7) is 5.82. The number of nitrogens with one attached hydrogen (secondary N) is 1. The predicted molar refractivity (Wildman–Crippen MR) is 120 cm³/mol. The molecule has 0 bridgehead atoms. The number of rotatable bonds is 7. The number of fused-ring (bicyclic) bond motifs is 1. The molecule has 0 spiro atoms. The van der Waals surface area contributed by atoms with Crippen LogP contribution in [0, 0.1) is 0 Å². The Hall–Kier alpha value is -3.05. The number of benzene rings is 3. The van der Waals surface area contributed by atoms with Crippen molar-refractivity contribution in [1.82, 2.24) is 5.32 Å². The molecular weight excluding hydrogens is 376 g/mol. The van der Waals surface area contributed by atoms with Crippen LogP contribution in [0.1, 0.15) is 18.9 Å². The van der Waals surface area contributed by atoms with E-state index >= 15 is 0 Å². The first-order valence-corrected chi connectivity index (χ1v) is 10.6. The van der Waals surface area contributed by atoms with Crippen LogP contribution in [0.4, 0.5) is 5.69 Å². The molecular formula is C25H28N2O3. The highest BCUT2D eigenvalue weighted by atomic mass is 16.5. The van der Waals surface area contributed by atoms with Gasteiger partial charge in [-0.1, -0.05) is 49.4 Å². The normalized spacial score (nSPS) is 15.0. The molecule has 1 heterocycles. The Morgan fingerprint density at radius 2 is 1.77 bits per heavy atom. The lowest BCUT2D eigenvalue weighted by Crippen LogP contribution is -2.37. The van der Waals surface area contributed by atoms with E-state index in [0.717, 1.165) is 42.6 Å². The van der Waals surface area contributed by atoms with Crippen LogP contribution in [0.15, 0.2) is 66.7 Å². The second-order valence-electron chi connectivity index (χ2n) is 7.51. The maximum Gasteiger partial charge on any atom is 0.261 e. The minimum absolute atomic E-state index is 0.0945. The lowest BCUT2D eigenvalue weighted by atomic mass is 10.1. The summed E-state index contributed by atoms with van der Waals surface area (Å²) in [7, 11) is 0. The summed E-state index contributed by atoms with van der Waals surface area (Å²) in [4.78, 5) is 15.0. The van der Waals surface area contributed by atoms with Crippen molar-refractivity contribution >= 4 is 22.4 Å². The molecule has 1 atom stereocenters. The monoisotopic (exact) mass is 404 g/mol. The third kappa shape index (κ3) is 4.92. The lowest BCUT2D eigenvalue weighted by molar-refractivity contribution is -0.128. The Balaban J connectivity index is 1.33. The first kappa shape index (κ1) is 20.2. The molecule has 0 radical (unpaired) electrons. The van der Waals surface area contributed by atoms with Gasteiger partial charge in [0, 0.05) is 25.3 Å². The maximum atomic E-state index is 12.7. The van der Waals surface area contributed by atoms with Gasteiger partial charge in [-0.25, -0.2) is 0 Å². The lowest BCUT2D eigenvalue weighted by Gasteiger charge is -2.29. The molecule has 1 aliphatic rings. The first-order chi connectivity index (χ1) is 14.7. The van der Waals surface area contributed by atoms with Gasteiger partial charge in [-0.05, 0) is 47.0 Å². The Bertz CT molecular complexity index is 981. The van der Waals surface area contributed by atoms with E-state index in [1.807, 2.05) is 43.3 Å². The number of anilines is 1. The molecule has 1 unspecified atom stereocenters. The van der Waals surface area contributed by atoms with E-state index in [9.17, 15) is 4.79 Å². The second kappa shape index (κ2) is 9.63. The molecule has 30 heavy (non-hydrogen) atoms. The van der Waals surface area contributed by atoms with Gasteiger partial charge in [-0.15, -0.1) is 0 Å². The van der Waals surface area contributed by atoms with Crippen LogP contribution >= 0.6 is 0 Å². The van der Waals surface area contributed by atoms with Crippen molar-refractivity contribution in [3.63, 3.8) is 0 Å². The van der Waals surface area contributed by atoms with E-state index in [1.54, 1.807) is 0 Å². The fourth-order valence-corrected chi connectivity index (χ4v) is 3.68. The molecule has 1 fully saturated rings. The number of nitrogens with zero attached hydrogens (tertiary/aromatic N) is 1. The minimum Gasteiger partial charge on any atom is -0.481 e. The van der Waals surface area contributed by atoms with Crippen LogP contribution in [0.5, 0.6) is 5.75 Å². The van der Waals surface area contributed by atoms with Crippen molar-refractivity contribution in [1.29, 1.82) is 0 Å². The van der Waals surface area contributed by atoms with Crippen molar-refractivity contribution in [3.8, 4) is 5.75 Å². The van der Waals surface area contributed by atoms with E-state index in [0.29, 0.717) is 18.7 Å². The summed E-state index contributed by atoms with van der Waals surface area (Å²) >= 11 is 0. The molecule has 1 aliphatic heterocycles. The van der Waals surface area contributed by atoms with E-state index in [1.165, 1.54) is 5.69 Å². The molecule has 0 saturated carbocycles. The Labute approximate surface area is 177 Å². The van der Waals surface area contributed by atoms with Crippen LogP contribution in [0.3, 0.4) is 0 Å². The summed E-state index contributed by atoms with van der Waals surface area (Å²) in [5.41, 5.74) is 2.26. The van der Waals surface area contributed by atoms with Crippen LogP contribution in [0.2, 0.25) is 0 Å². The van der Waals surface area contributed by atoms with Gasteiger partial charge < -0.3 is 19.7 Å². The van der Waals surface area contributed by atoms with Crippen molar-refractivity contribution in [2.45, 2.75) is 26.0 Å². The van der Waals surface area contributed by atoms with Crippen LogP contribution in [-0.4, -0.2) is 38.3 Å². The van der Waals surface area contributed by atoms with Crippen LogP contribution in [-0.2, 0) is 16.1 Å². The standard InChI is InChI=1S/C25H28N2O3/c1-2-24(30-23-12-9-20-5-3-4-6-21(20)17-23)25(28)26-18-19-7-10-22(11-8-19)27-13-15-29-16-14-27/h3-12,17,24H,2,13-16,18H2,1H3,(H,26,28). The molecule has 5 heteroatoms. The molecule has 1 amide bonds. The molecule has 3 aromatic carbocycles. The second-order valence-corrected chi connectivity index (χ2v) is 7.51. The Kier molecular flexibility index (Phi) is 6.50. The highest BCUT2D eigenvalue weighted by Gasteiger charge is 2.18. The number of hydrogen-bond donors (Lipinski definition) is 1. The highest BCUT2D eigenvalue weighted by molar-refractivity contribution is 5.84. The summed E-state index contributed by atoms with van der Waals surface area (Å²) in [6, 6.07) is 22.4. The third-order valence-corrected chi connectivity index (χ3v) is 5.44. The summed E-state index contributed by atoms with van der Waals surface area (Å²) in [5.74, 6) is 0.619. The molecule has 1 saturated heterocycles. The summed E-state index contributed by atoms with van der Waals surface area (Å²) in [6.07, 6.45) is 0.0908. The molecule has 156 valence electrons. The van der Waals surface area contributed by atoms with Gasteiger partial charge in [-0.2, -0.15) is 0 Å². The molecule has 1 N–H and O–H groups in total. The van der Waals surface area contributed by atoms with Gasteiger partial charge in [0.25, 0.3) is 5.91 Å². The van der Waals surface area contributed by atoms with Gasteiger partial charge >= 0.3 is 0 Å². The van der Waals surface area contributed by atoms with Gasteiger partial charge in [0.1, 0.15) is 5.75 Å². The quantitative estimate of drug-likeness (QED) is 0.643. The van der Waals surface area contributed by atoms with E-state index < -0.39 is 6.10 Å². The number of carbonyl (C=O) groups is 1. The zero-order valence-corrected chi connectivity index (χ0v) is 17.3. The van der Waals surface area contributed by atoms with Gasteiger partial charge in [0.15, 0.2) is 6.10 Å². The number of ether oxygens (including phenoxy) is 2. The fraction of sp³-hybridized carbons (Fsp3) is 0.320. The van der Waals surface area contributed by atoms with Crippen molar-refractivity contribution in [2.75, 3.05) is 31.2 Å². The molecule has 0 aliphatic carbocycles. The number of amides is 1. The zero-order chi connectivity index (χ0) is 20.8. The number of morpholine rings is 1. The molecule has 5 nitrogen and oxygen atoms in total. The van der Waals surface area contributed by atoms with E-state index in [2.05, 4.69) is 40.5 Å². The number of hydrogen-bond acceptors (Lipinski definition) is 4. The van der Waals surface area contributed by atoms with Gasteiger partial charge in [0.2, 0.25) is 0 Å². The molecule has 4 rings (SSSR count). The average molecular weight is 405 g/mol. The predicted octanol–water partition coefficient (Wildman–Crippen LogP) is 4.15. The molecule has 3 aromatic rings. The summed E-state index contributed by atoms with van der Waals surface area (Å²) < 4.78 is 11.4. The number of carbonyl (C=O) groups excluding carboxylic acids is 1. The minimum atomic E-state index is -0.515. The highest BCUT2D eigenvalue weighted by Crippen LogP contribution is 2.22. The molecule has 0 aromatic heterocycles. The smallest absolute Gasteiger partial charge is 0.261 e. The van der Waals surface area contributed by atoms with E-state index in [4.69, 9.17) is 9.47 Å². The maximum absolute atomic E-state index is 12.7. The van der Waals surface area contributed by atoms with E-state index in [-0.39, 0.29) is 5.91 Å². The summed E-state index contributed by atoms with van der Waals surface area (Å²) in [5, 5.41) is 5.27. The first-order valence-electron chi connectivity index (χ1n) is 10.6. The van der Waals surface area contributed by atoms with Gasteiger partial charge in [-0.3, -0.25) is 4.79 Å². The largest absolute Gasteiger partial charge is 0.481 e. The van der Waals surface area contributed by atoms with Gasteiger partial charge in [0.05, 0.1) is 13.2 Å². The average Bonchev–Trinajstić information content (AvgIpc) is 2.82. The Morgan fingerprint density at radius 3 is 2.50 bits per heavy atom. The zero-order valence-electron chi connectivity index (χ0n) is 17.3. The van der Waals surface area contributed by atoms with Crippen molar-refractivity contribution in [3.05, 3.63) is 72.3 Å². The van der Waals surface area contributed by atoms with Crippen molar-refractivity contribution < 1.29 is 14.3 Å². The fourth-order valence-electron chi connectivity index (χ4n) is 3.68. The van der Waals surface area contributed by atoms with Crippen molar-refractivity contribution in [2.24, 2.45) is 0 Å². The van der Waals surface area contributed by atoms with Crippen LogP contribution in [0.25, 0.3) is 10.8 Å². The topological polar surface area (TPSA) is 50.8 Å². The third-order valence-electron chi connectivity index (χ3n) is 5.44. The Morgan fingerprint density at radius 1 is 1.03 bits per heavy atom. The van der Waals surface area contributed by atoms with Crippen LogP contribution < -0.4 is 15.0 Å². The SMILES string of the molecule is CCC(Oc1ccc2ccccc2c1)C(=O)NCc1ccc(N2CCOCC2)cc1.